The third-order valence-electron chi connectivity index (χ3n) is 3.81. The van der Waals surface area contributed by atoms with Gasteiger partial charge in [-0.15, -0.1) is 0 Å². The van der Waals surface area contributed by atoms with E-state index in [9.17, 15) is 8.78 Å². The van der Waals surface area contributed by atoms with E-state index in [0.29, 0.717) is 12.8 Å². The monoisotopic (exact) mass is 266 g/mol. The largest absolute Gasteiger partial charge is 0.497 e. The standard InChI is InChI=1S/C14H16F2N2O/c1-19-10-2-3-11-12(8-10)18-13(17-11)9-4-6-14(15,16)7-5-9/h2-3,8-9H,4-7H2,1H3,(H,17,18). The minimum atomic E-state index is -2.49. The minimum absolute atomic E-state index is 0.0436. The molecule has 1 aliphatic rings. The lowest BCUT2D eigenvalue weighted by atomic mass is 9.86. The van der Waals surface area contributed by atoms with Gasteiger partial charge in [-0.05, 0) is 25.0 Å². The Morgan fingerprint density at radius 2 is 2.05 bits per heavy atom. The molecule has 19 heavy (non-hydrogen) atoms. The van der Waals surface area contributed by atoms with Crippen LogP contribution in [0.3, 0.4) is 0 Å². The van der Waals surface area contributed by atoms with Gasteiger partial charge in [-0.2, -0.15) is 0 Å². The van der Waals surface area contributed by atoms with Crippen molar-refractivity contribution in [3.05, 3.63) is 24.0 Å². The molecule has 5 heteroatoms. The molecule has 0 bridgehead atoms. The normalized spacial score (nSPS) is 19.7. The summed E-state index contributed by atoms with van der Waals surface area (Å²) < 4.78 is 31.5. The van der Waals surface area contributed by atoms with Crippen LogP contribution in [-0.2, 0) is 0 Å². The number of alkyl halides is 2. The Balaban J connectivity index is 1.85. The van der Waals surface area contributed by atoms with Crippen LogP contribution in [0.25, 0.3) is 11.0 Å². The number of benzene rings is 1. The van der Waals surface area contributed by atoms with Gasteiger partial charge < -0.3 is 9.72 Å². The van der Waals surface area contributed by atoms with Gasteiger partial charge in [-0.3, -0.25) is 0 Å². The van der Waals surface area contributed by atoms with Crippen molar-refractivity contribution in [2.45, 2.75) is 37.5 Å². The van der Waals surface area contributed by atoms with Crippen LogP contribution in [0.1, 0.15) is 37.4 Å². The topological polar surface area (TPSA) is 37.9 Å². The highest BCUT2D eigenvalue weighted by molar-refractivity contribution is 5.76. The summed E-state index contributed by atoms with van der Waals surface area (Å²) in [6.45, 7) is 0. The molecule has 0 amide bonds. The van der Waals surface area contributed by atoms with Crippen molar-refractivity contribution < 1.29 is 13.5 Å². The molecule has 3 nitrogen and oxygen atoms in total. The zero-order valence-electron chi connectivity index (χ0n) is 10.7. The highest BCUT2D eigenvalue weighted by atomic mass is 19.3. The number of nitrogens with one attached hydrogen (secondary N) is 1. The number of H-pyrrole nitrogens is 1. The number of halogens is 2. The minimum Gasteiger partial charge on any atom is -0.497 e. The number of fused-ring (bicyclic) bond motifs is 1. The molecule has 1 fully saturated rings. The number of methoxy groups -OCH3 is 1. The molecular weight excluding hydrogens is 250 g/mol. The fourth-order valence-corrected chi connectivity index (χ4v) is 2.64. The molecule has 0 aliphatic heterocycles. The highest BCUT2D eigenvalue weighted by Gasteiger charge is 2.36. The van der Waals surface area contributed by atoms with Crippen LogP contribution < -0.4 is 4.74 Å². The third kappa shape index (κ3) is 2.41. The first kappa shape index (κ1) is 12.4. The van der Waals surface area contributed by atoms with Crippen LogP contribution in [-0.4, -0.2) is 23.0 Å². The Kier molecular flexibility index (Phi) is 2.92. The number of aromatic amines is 1. The van der Waals surface area contributed by atoms with E-state index in [1.165, 1.54) is 0 Å². The number of imidazole rings is 1. The van der Waals surface area contributed by atoms with Gasteiger partial charge in [-0.25, -0.2) is 13.8 Å². The van der Waals surface area contributed by atoms with Crippen LogP contribution in [0.4, 0.5) is 8.78 Å². The van der Waals surface area contributed by atoms with E-state index in [-0.39, 0.29) is 18.8 Å². The van der Waals surface area contributed by atoms with Crippen molar-refractivity contribution >= 4 is 11.0 Å². The summed E-state index contributed by atoms with van der Waals surface area (Å²) in [5, 5.41) is 0. The predicted molar refractivity (Wildman–Crippen MR) is 68.8 cm³/mol. The Morgan fingerprint density at radius 1 is 1.32 bits per heavy atom. The van der Waals surface area contributed by atoms with Crippen molar-refractivity contribution in [1.82, 2.24) is 9.97 Å². The van der Waals surface area contributed by atoms with Crippen molar-refractivity contribution in [2.75, 3.05) is 7.11 Å². The van der Waals surface area contributed by atoms with Gasteiger partial charge >= 0.3 is 0 Å². The van der Waals surface area contributed by atoms with Crippen LogP contribution in [0, 0.1) is 0 Å². The molecule has 1 aromatic heterocycles. The lowest BCUT2D eigenvalue weighted by Crippen LogP contribution is -2.24. The Labute approximate surface area is 110 Å². The summed E-state index contributed by atoms with van der Waals surface area (Å²) in [6, 6.07) is 5.61. The average Bonchev–Trinajstić information content (AvgIpc) is 2.81. The lowest BCUT2D eigenvalue weighted by Gasteiger charge is -2.26. The van der Waals surface area contributed by atoms with Gasteiger partial charge in [0, 0.05) is 24.8 Å². The van der Waals surface area contributed by atoms with Gasteiger partial charge in [0.1, 0.15) is 11.6 Å². The van der Waals surface area contributed by atoms with Crippen molar-refractivity contribution in [3.8, 4) is 5.75 Å². The van der Waals surface area contributed by atoms with Crippen molar-refractivity contribution in [1.29, 1.82) is 0 Å². The molecule has 0 spiro atoms. The fourth-order valence-electron chi connectivity index (χ4n) is 2.64. The summed E-state index contributed by atoms with van der Waals surface area (Å²) in [7, 11) is 1.61. The first-order valence-electron chi connectivity index (χ1n) is 6.49. The SMILES string of the molecule is COc1ccc2nc(C3CCC(F)(F)CC3)[nH]c2c1. The molecule has 0 radical (unpaired) electrons. The molecule has 1 N–H and O–H groups in total. The van der Waals surface area contributed by atoms with E-state index < -0.39 is 5.92 Å². The van der Waals surface area contributed by atoms with Gasteiger partial charge in [-0.1, -0.05) is 0 Å². The molecular formula is C14H16F2N2O. The molecule has 102 valence electrons. The number of aromatic nitrogens is 2. The smallest absolute Gasteiger partial charge is 0.248 e. The van der Waals surface area contributed by atoms with Crippen molar-refractivity contribution in [3.63, 3.8) is 0 Å². The van der Waals surface area contributed by atoms with E-state index in [0.717, 1.165) is 22.6 Å². The summed E-state index contributed by atoms with van der Waals surface area (Å²) in [4.78, 5) is 7.73. The number of nitrogens with zero attached hydrogens (tertiary/aromatic N) is 1. The summed E-state index contributed by atoms with van der Waals surface area (Å²) in [5.41, 5.74) is 1.75. The molecule has 1 aliphatic carbocycles. The van der Waals surface area contributed by atoms with Gasteiger partial charge in [0.15, 0.2) is 0 Å². The summed E-state index contributed by atoms with van der Waals surface area (Å²) >= 11 is 0. The Hall–Kier alpha value is -1.65. The Morgan fingerprint density at radius 3 is 2.74 bits per heavy atom. The van der Waals surface area contributed by atoms with E-state index in [1.54, 1.807) is 7.11 Å². The molecule has 1 aromatic carbocycles. The van der Waals surface area contributed by atoms with Crippen LogP contribution in [0.5, 0.6) is 5.75 Å². The summed E-state index contributed by atoms with van der Waals surface area (Å²) in [6.07, 6.45) is 0.893. The highest BCUT2D eigenvalue weighted by Crippen LogP contribution is 2.40. The second-order valence-corrected chi connectivity index (χ2v) is 5.14. The number of ether oxygens (including phenoxy) is 1. The van der Waals surface area contributed by atoms with E-state index >= 15 is 0 Å². The summed E-state index contributed by atoms with van der Waals surface area (Å²) in [5.74, 6) is -0.805. The maximum Gasteiger partial charge on any atom is 0.248 e. The fraction of sp³-hybridized carbons (Fsp3) is 0.500. The maximum absolute atomic E-state index is 13.1. The van der Waals surface area contributed by atoms with E-state index in [2.05, 4.69) is 9.97 Å². The Bertz CT molecular complexity index is 584. The molecule has 2 aromatic rings. The number of hydrogen-bond acceptors (Lipinski definition) is 2. The second-order valence-electron chi connectivity index (χ2n) is 5.14. The average molecular weight is 266 g/mol. The molecule has 0 atom stereocenters. The molecule has 1 heterocycles. The van der Waals surface area contributed by atoms with Gasteiger partial charge in [0.2, 0.25) is 5.92 Å². The van der Waals surface area contributed by atoms with Crippen LogP contribution in [0.2, 0.25) is 0 Å². The number of hydrogen-bond donors (Lipinski definition) is 1. The third-order valence-corrected chi connectivity index (χ3v) is 3.81. The van der Waals surface area contributed by atoms with Crippen molar-refractivity contribution in [2.24, 2.45) is 0 Å². The van der Waals surface area contributed by atoms with Crippen LogP contribution in [0.15, 0.2) is 18.2 Å². The quantitative estimate of drug-likeness (QED) is 0.896. The predicted octanol–water partition coefficient (Wildman–Crippen LogP) is 3.86. The first-order valence-corrected chi connectivity index (χ1v) is 6.49. The van der Waals surface area contributed by atoms with Gasteiger partial charge in [0.05, 0.1) is 18.1 Å². The maximum atomic E-state index is 13.1. The molecule has 0 unspecified atom stereocenters. The molecule has 0 saturated heterocycles. The van der Waals surface area contributed by atoms with Gasteiger partial charge in [0.25, 0.3) is 0 Å². The molecule has 1 saturated carbocycles. The zero-order valence-corrected chi connectivity index (χ0v) is 10.7. The number of rotatable bonds is 2. The lowest BCUT2D eigenvalue weighted by molar-refractivity contribution is -0.0387. The molecule has 3 rings (SSSR count). The second kappa shape index (κ2) is 4.47. The zero-order chi connectivity index (χ0) is 13.5. The van der Waals surface area contributed by atoms with Crippen LogP contribution >= 0.6 is 0 Å². The van der Waals surface area contributed by atoms with E-state index in [1.807, 2.05) is 18.2 Å². The first-order chi connectivity index (χ1) is 9.07. The van der Waals surface area contributed by atoms with E-state index in [4.69, 9.17) is 4.74 Å².